The van der Waals surface area contributed by atoms with E-state index in [0.29, 0.717) is 12.2 Å². The molecule has 6 heteroatoms. The Kier molecular flexibility index (Phi) is 4.27. The van der Waals surface area contributed by atoms with Crippen LogP contribution in [0.2, 0.25) is 0 Å². The minimum absolute atomic E-state index is 0.0438. The number of nitro benzene ring substituents is 1. The number of hydrogen-bond acceptors (Lipinski definition) is 5. The number of ether oxygens (including phenoxy) is 1. The minimum atomic E-state index is -0.420. The number of nitrogen functional groups attached to an aromatic ring is 1. The average Bonchev–Trinajstić information content (AvgIpc) is 2.49. The van der Waals surface area contributed by atoms with Gasteiger partial charge in [0.15, 0.2) is 0 Å². The molecule has 6 nitrogen and oxygen atoms in total. The summed E-state index contributed by atoms with van der Waals surface area (Å²) in [6.07, 6.45) is 0. The number of non-ortho nitro benzene ring substituents is 1. The fourth-order valence-electron chi connectivity index (χ4n) is 2.03. The first-order valence-electron chi connectivity index (χ1n) is 6.39. The summed E-state index contributed by atoms with van der Waals surface area (Å²) >= 11 is 0. The second kappa shape index (κ2) is 6.13. The highest BCUT2D eigenvalue weighted by Gasteiger charge is 2.11. The third-order valence-corrected chi connectivity index (χ3v) is 3.26. The van der Waals surface area contributed by atoms with Crippen LogP contribution in [0, 0.1) is 10.1 Å². The highest BCUT2D eigenvalue weighted by Crippen LogP contribution is 2.24. The summed E-state index contributed by atoms with van der Waals surface area (Å²) in [4.78, 5) is 12.4. The number of nitrogens with zero attached hydrogens (tertiary/aromatic N) is 2. The van der Waals surface area contributed by atoms with Crippen molar-refractivity contribution in [1.29, 1.82) is 0 Å². The van der Waals surface area contributed by atoms with Gasteiger partial charge in [0.05, 0.1) is 12.0 Å². The van der Waals surface area contributed by atoms with Gasteiger partial charge < -0.3 is 15.4 Å². The average molecular weight is 287 g/mol. The van der Waals surface area contributed by atoms with E-state index in [4.69, 9.17) is 10.5 Å². The van der Waals surface area contributed by atoms with Gasteiger partial charge in [-0.2, -0.15) is 0 Å². The summed E-state index contributed by atoms with van der Waals surface area (Å²) in [6, 6.07) is 12.1. The zero-order valence-electron chi connectivity index (χ0n) is 11.9. The molecule has 2 aromatic carbocycles. The smallest absolute Gasteiger partial charge is 0.269 e. The lowest BCUT2D eigenvalue weighted by atomic mass is 10.1. The van der Waals surface area contributed by atoms with E-state index in [9.17, 15) is 10.1 Å². The molecular formula is C15H17N3O3. The van der Waals surface area contributed by atoms with Crippen molar-refractivity contribution in [2.75, 3.05) is 24.8 Å². The fourth-order valence-corrected chi connectivity index (χ4v) is 2.03. The van der Waals surface area contributed by atoms with Gasteiger partial charge in [0, 0.05) is 42.7 Å². The molecule has 0 amide bonds. The summed E-state index contributed by atoms with van der Waals surface area (Å²) in [6.45, 7) is 0.486. The van der Waals surface area contributed by atoms with Crippen LogP contribution in [0.3, 0.4) is 0 Å². The van der Waals surface area contributed by atoms with Crippen molar-refractivity contribution in [3.8, 4) is 5.75 Å². The summed E-state index contributed by atoms with van der Waals surface area (Å²) in [7, 11) is 3.52. The number of benzene rings is 2. The molecule has 0 saturated heterocycles. The molecule has 2 aromatic rings. The third-order valence-electron chi connectivity index (χ3n) is 3.26. The van der Waals surface area contributed by atoms with Gasteiger partial charge in [-0.3, -0.25) is 10.1 Å². The van der Waals surface area contributed by atoms with Gasteiger partial charge in [-0.1, -0.05) is 0 Å². The molecule has 0 fully saturated rings. The van der Waals surface area contributed by atoms with Gasteiger partial charge in [0.1, 0.15) is 5.75 Å². The predicted molar refractivity (Wildman–Crippen MR) is 82.6 cm³/mol. The van der Waals surface area contributed by atoms with Crippen LogP contribution < -0.4 is 15.4 Å². The first kappa shape index (κ1) is 14.6. The van der Waals surface area contributed by atoms with Crippen molar-refractivity contribution in [2.24, 2.45) is 0 Å². The van der Waals surface area contributed by atoms with Crippen molar-refractivity contribution in [3.05, 3.63) is 58.1 Å². The molecule has 0 unspecified atom stereocenters. The molecule has 2 N–H and O–H groups in total. The van der Waals surface area contributed by atoms with Crippen molar-refractivity contribution in [1.82, 2.24) is 0 Å². The van der Waals surface area contributed by atoms with E-state index in [1.807, 2.05) is 36.2 Å². The Morgan fingerprint density at radius 2 is 1.90 bits per heavy atom. The van der Waals surface area contributed by atoms with Gasteiger partial charge in [-0.15, -0.1) is 0 Å². The standard InChI is InChI=1S/C15H17N3O3/c1-17(12-3-6-14(21-2)7-4-12)10-11-9-13(18(19)20)5-8-15(11)16/h3-9H,10,16H2,1-2H3. The number of rotatable bonds is 5. The zero-order chi connectivity index (χ0) is 15.4. The Morgan fingerprint density at radius 3 is 2.48 bits per heavy atom. The van der Waals surface area contributed by atoms with Gasteiger partial charge >= 0.3 is 0 Å². The molecule has 2 rings (SSSR count). The molecule has 0 aromatic heterocycles. The monoisotopic (exact) mass is 287 g/mol. The molecule has 0 bridgehead atoms. The van der Waals surface area contributed by atoms with Crippen LogP contribution in [-0.2, 0) is 6.54 Å². The van der Waals surface area contributed by atoms with Crippen LogP contribution in [0.15, 0.2) is 42.5 Å². The second-order valence-electron chi connectivity index (χ2n) is 4.69. The van der Waals surface area contributed by atoms with Gasteiger partial charge in [0.25, 0.3) is 5.69 Å². The summed E-state index contributed by atoms with van der Waals surface area (Å²) in [5, 5.41) is 10.8. The van der Waals surface area contributed by atoms with E-state index < -0.39 is 4.92 Å². The Labute approximate surface area is 122 Å². The lowest BCUT2D eigenvalue weighted by Gasteiger charge is -2.20. The van der Waals surface area contributed by atoms with E-state index in [1.54, 1.807) is 13.2 Å². The van der Waals surface area contributed by atoms with E-state index in [2.05, 4.69) is 0 Å². The molecule has 0 aliphatic heterocycles. The van der Waals surface area contributed by atoms with Crippen LogP contribution in [0.4, 0.5) is 17.1 Å². The molecule has 0 radical (unpaired) electrons. The maximum Gasteiger partial charge on any atom is 0.269 e. The lowest BCUT2D eigenvalue weighted by Crippen LogP contribution is -2.17. The Morgan fingerprint density at radius 1 is 1.24 bits per heavy atom. The topological polar surface area (TPSA) is 81.6 Å². The molecule has 21 heavy (non-hydrogen) atoms. The Balaban J connectivity index is 2.19. The van der Waals surface area contributed by atoms with E-state index in [1.165, 1.54) is 12.1 Å². The normalized spacial score (nSPS) is 10.2. The van der Waals surface area contributed by atoms with E-state index in [-0.39, 0.29) is 5.69 Å². The SMILES string of the molecule is COc1ccc(N(C)Cc2cc([N+](=O)[O-])ccc2N)cc1. The van der Waals surface area contributed by atoms with E-state index in [0.717, 1.165) is 17.0 Å². The van der Waals surface area contributed by atoms with Crippen LogP contribution in [0.25, 0.3) is 0 Å². The quantitative estimate of drug-likeness (QED) is 0.519. The van der Waals surface area contributed by atoms with Gasteiger partial charge in [0.2, 0.25) is 0 Å². The highest BCUT2D eigenvalue weighted by molar-refractivity contribution is 5.56. The number of nitro groups is 1. The van der Waals surface area contributed by atoms with Crippen molar-refractivity contribution in [2.45, 2.75) is 6.54 Å². The number of hydrogen-bond donors (Lipinski definition) is 1. The summed E-state index contributed by atoms with van der Waals surface area (Å²) in [5.74, 6) is 0.780. The summed E-state index contributed by atoms with van der Waals surface area (Å²) < 4.78 is 5.11. The number of anilines is 2. The molecule has 0 saturated carbocycles. The summed E-state index contributed by atoms with van der Waals surface area (Å²) in [5.41, 5.74) is 8.18. The molecule has 110 valence electrons. The largest absolute Gasteiger partial charge is 0.497 e. The van der Waals surface area contributed by atoms with E-state index >= 15 is 0 Å². The van der Waals surface area contributed by atoms with Crippen molar-refractivity contribution < 1.29 is 9.66 Å². The third kappa shape index (κ3) is 3.42. The number of nitrogens with two attached hydrogens (primary N) is 1. The number of methoxy groups -OCH3 is 1. The van der Waals surface area contributed by atoms with Crippen molar-refractivity contribution in [3.63, 3.8) is 0 Å². The van der Waals surface area contributed by atoms with Crippen LogP contribution in [0.1, 0.15) is 5.56 Å². The predicted octanol–water partition coefficient (Wildman–Crippen LogP) is 2.82. The maximum atomic E-state index is 10.8. The van der Waals surface area contributed by atoms with Crippen LogP contribution in [0.5, 0.6) is 5.75 Å². The lowest BCUT2D eigenvalue weighted by molar-refractivity contribution is -0.384. The van der Waals surface area contributed by atoms with Gasteiger partial charge in [-0.25, -0.2) is 0 Å². The maximum absolute atomic E-state index is 10.8. The van der Waals surface area contributed by atoms with Gasteiger partial charge in [-0.05, 0) is 30.3 Å². The van der Waals surface area contributed by atoms with Crippen molar-refractivity contribution >= 4 is 17.1 Å². The molecule has 0 atom stereocenters. The molecule has 0 spiro atoms. The van der Waals surface area contributed by atoms with Crippen LogP contribution >= 0.6 is 0 Å². The first-order chi connectivity index (χ1) is 10.0. The second-order valence-corrected chi connectivity index (χ2v) is 4.69. The van der Waals surface area contributed by atoms with Crippen LogP contribution in [-0.4, -0.2) is 19.1 Å². The molecular weight excluding hydrogens is 270 g/mol. The highest BCUT2D eigenvalue weighted by atomic mass is 16.6. The Bertz CT molecular complexity index is 641. The minimum Gasteiger partial charge on any atom is -0.497 e. The fraction of sp³-hybridized carbons (Fsp3) is 0.200. The molecule has 0 aliphatic rings. The molecule has 0 aliphatic carbocycles. The first-order valence-corrected chi connectivity index (χ1v) is 6.39. The Hall–Kier alpha value is -2.76. The molecule has 0 heterocycles. The zero-order valence-corrected chi connectivity index (χ0v) is 11.9.